The average molecular weight is 309 g/mol. The van der Waals surface area contributed by atoms with Crippen molar-refractivity contribution in [3.63, 3.8) is 0 Å². The van der Waals surface area contributed by atoms with Crippen LogP contribution in [0.25, 0.3) is 6.08 Å². The molecule has 5 heteroatoms. The third-order valence-electron chi connectivity index (χ3n) is 3.35. The number of alkyl halides is 3. The van der Waals surface area contributed by atoms with E-state index in [-0.39, 0.29) is 4.90 Å². The molecule has 19 heavy (non-hydrogen) atoms. The molecule has 0 fully saturated rings. The number of rotatable bonds is 3. The van der Waals surface area contributed by atoms with Crippen LogP contribution in [0.1, 0.15) is 37.3 Å². The zero-order valence-electron chi connectivity index (χ0n) is 10.9. The van der Waals surface area contributed by atoms with Crippen molar-refractivity contribution < 1.29 is 13.2 Å². The van der Waals surface area contributed by atoms with Crippen molar-refractivity contribution in [2.24, 2.45) is 0 Å². The lowest BCUT2D eigenvalue weighted by molar-refractivity contribution is -0.0359. The minimum absolute atomic E-state index is 0.257. The first-order chi connectivity index (χ1) is 8.82. The molecule has 0 saturated heterocycles. The molecule has 1 atom stereocenters. The Kier molecular flexibility index (Phi) is 3.94. The Morgan fingerprint density at radius 2 is 1.95 bits per heavy atom. The summed E-state index contributed by atoms with van der Waals surface area (Å²) in [5.41, 5.74) is -2.88. The van der Waals surface area contributed by atoms with Crippen molar-refractivity contribution in [3.05, 3.63) is 34.2 Å². The van der Waals surface area contributed by atoms with Crippen LogP contribution >= 0.6 is 19.9 Å². The van der Waals surface area contributed by atoms with Gasteiger partial charge in [-0.3, -0.25) is 0 Å². The highest BCUT2D eigenvalue weighted by atomic mass is 35.7. The molecule has 0 nitrogen and oxygen atoms in total. The first kappa shape index (κ1) is 14.8. The molecule has 0 radical (unpaired) electrons. The van der Waals surface area contributed by atoms with Gasteiger partial charge in [0.05, 0.1) is 0 Å². The van der Waals surface area contributed by atoms with E-state index in [4.69, 9.17) is 10.7 Å². The van der Waals surface area contributed by atoms with Crippen molar-refractivity contribution in [2.45, 2.75) is 43.5 Å². The molecule has 1 heterocycles. The van der Waals surface area contributed by atoms with Crippen LogP contribution in [-0.4, -0.2) is 5.51 Å². The number of fused-ring (bicyclic) bond motifs is 1. The SMILES string of the molecule is CCCCC1=Cc2c(C)cccc2S1(Cl)C(F)(F)F. The molecule has 1 aromatic rings. The molecule has 0 amide bonds. The van der Waals surface area contributed by atoms with E-state index in [1.54, 1.807) is 12.1 Å². The molecule has 0 bridgehead atoms. The zero-order chi connectivity index (χ0) is 14.3. The number of hydrogen-bond donors (Lipinski definition) is 0. The van der Waals surface area contributed by atoms with Gasteiger partial charge in [-0.1, -0.05) is 25.5 Å². The number of aryl methyl sites for hydroxylation is 1. The van der Waals surface area contributed by atoms with E-state index in [9.17, 15) is 13.2 Å². The van der Waals surface area contributed by atoms with Crippen LogP contribution in [-0.2, 0) is 0 Å². The molecule has 0 N–H and O–H groups in total. The van der Waals surface area contributed by atoms with Crippen LogP contribution in [0.2, 0.25) is 0 Å². The van der Waals surface area contributed by atoms with E-state index in [0.29, 0.717) is 16.9 Å². The lowest BCUT2D eigenvalue weighted by atomic mass is 10.1. The minimum atomic E-state index is -4.40. The van der Waals surface area contributed by atoms with Gasteiger partial charge >= 0.3 is 5.51 Å². The largest absolute Gasteiger partial charge is 0.445 e. The predicted octanol–water partition coefficient (Wildman–Crippen LogP) is 6.38. The second-order valence-electron chi connectivity index (χ2n) is 4.68. The third-order valence-corrected chi connectivity index (χ3v) is 7.61. The van der Waals surface area contributed by atoms with Gasteiger partial charge < -0.3 is 0 Å². The van der Waals surface area contributed by atoms with Crippen molar-refractivity contribution in [3.8, 4) is 0 Å². The van der Waals surface area contributed by atoms with Crippen LogP contribution < -0.4 is 0 Å². The number of benzene rings is 1. The maximum Gasteiger partial charge on any atom is 0.445 e. The molecule has 0 aliphatic carbocycles. The summed E-state index contributed by atoms with van der Waals surface area (Å²) in [7, 11) is 2.76. The summed E-state index contributed by atoms with van der Waals surface area (Å²) in [6, 6.07) is 5.00. The molecule has 0 spiro atoms. The molecular formula is C14H16ClF3S. The summed E-state index contributed by atoms with van der Waals surface area (Å²) in [6.07, 6.45) is 3.67. The van der Waals surface area contributed by atoms with Gasteiger partial charge in [0.1, 0.15) is 0 Å². The van der Waals surface area contributed by atoms with Crippen LogP contribution in [0.4, 0.5) is 13.2 Å². The normalized spacial score (nSPS) is 25.7. The summed E-state index contributed by atoms with van der Waals surface area (Å²) in [4.78, 5) is 0.612. The monoisotopic (exact) mass is 308 g/mol. The Morgan fingerprint density at radius 3 is 2.53 bits per heavy atom. The fourth-order valence-electron chi connectivity index (χ4n) is 2.30. The smallest absolute Gasteiger partial charge is 0.160 e. The van der Waals surface area contributed by atoms with E-state index < -0.39 is 14.7 Å². The first-order valence-electron chi connectivity index (χ1n) is 6.22. The fourth-order valence-corrected chi connectivity index (χ4v) is 5.40. The lowest BCUT2D eigenvalue weighted by Gasteiger charge is -2.34. The Hall–Kier alpha value is -0.610. The lowest BCUT2D eigenvalue weighted by Crippen LogP contribution is -2.16. The average Bonchev–Trinajstić information content (AvgIpc) is 2.63. The number of halogens is 4. The van der Waals surface area contributed by atoms with Crippen molar-refractivity contribution in [1.29, 1.82) is 0 Å². The quantitative estimate of drug-likeness (QED) is 0.608. The van der Waals surface area contributed by atoms with Gasteiger partial charge in [0.2, 0.25) is 0 Å². The van der Waals surface area contributed by atoms with Crippen LogP contribution in [0.15, 0.2) is 28.0 Å². The van der Waals surface area contributed by atoms with Gasteiger partial charge in [-0.25, -0.2) is 0 Å². The second kappa shape index (κ2) is 5.06. The van der Waals surface area contributed by atoms with Gasteiger partial charge in [0, 0.05) is 4.90 Å². The fraction of sp³-hybridized carbons (Fsp3) is 0.429. The number of allylic oxidation sites excluding steroid dienone is 1. The molecule has 0 aromatic heterocycles. The minimum Gasteiger partial charge on any atom is -0.160 e. The van der Waals surface area contributed by atoms with E-state index in [1.807, 2.05) is 19.9 Å². The van der Waals surface area contributed by atoms with Gasteiger partial charge in [-0.15, -0.1) is 0 Å². The van der Waals surface area contributed by atoms with Crippen molar-refractivity contribution in [2.75, 3.05) is 0 Å². The molecule has 1 aliphatic heterocycles. The summed E-state index contributed by atoms with van der Waals surface area (Å²) in [5.74, 6) is 0. The molecule has 1 aromatic carbocycles. The summed E-state index contributed by atoms with van der Waals surface area (Å²) < 4.78 is 40.5. The molecule has 0 saturated carbocycles. The van der Waals surface area contributed by atoms with E-state index >= 15 is 0 Å². The third kappa shape index (κ3) is 2.29. The predicted molar refractivity (Wildman–Crippen MR) is 76.4 cm³/mol. The number of hydrogen-bond acceptors (Lipinski definition) is 0. The molecule has 2 rings (SSSR count). The van der Waals surface area contributed by atoms with E-state index in [1.165, 1.54) is 6.07 Å². The van der Waals surface area contributed by atoms with Crippen molar-refractivity contribution >= 4 is 26.0 Å². The van der Waals surface area contributed by atoms with Gasteiger partial charge in [-0.05, 0) is 67.9 Å². The molecule has 1 unspecified atom stereocenters. The maximum absolute atomic E-state index is 13.5. The highest BCUT2D eigenvalue weighted by Crippen LogP contribution is 2.80. The zero-order valence-corrected chi connectivity index (χ0v) is 12.4. The molecular weight excluding hydrogens is 293 g/mol. The first-order valence-corrected chi connectivity index (χ1v) is 8.67. The Bertz CT molecular complexity index is 522. The van der Waals surface area contributed by atoms with Gasteiger partial charge in [-0.2, -0.15) is 13.2 Å². The van der Waals surface area contributed by atoms with Crippen molar-refractivity contribution in [1.82, 2.24) is 0 Å². The number of unbranched alkanes of at least 4 members (excludes halogenated alkanes) is 1. The topological polar surface area (TPSA) is 0 Å². The van der Waals surface area contributed by atoms with Gasteiger partial charge in [0.25, 0.3) is 0 Å². The van der Waals surface area contributed by atoms with E-state index in [0.717, 1.165) is 18.4 Å². The summed E-state index contributed by atoms with van der Waals surface area (Å²) in [6.45, 7) is 3.79. The highest BCUT2D eigenvalue weighted by molar-refractivity contribution is 8.54. The van der Waals surface area contributed by atoms with Crippen LogP contribution in [0.3, 0.4) is 0 Å². The van der Waals surface area contributed by atoms with Gasteiger partial charge in [0.15, 0.2) is 0 Å². The Morgan fingerprint density at radius 1 is 1.26 bits per heavy atom. The summed E-state index contributed by atoms with van der Waals surface area (Å²) in [5, 5.41) is 0. The standard InChI is InChI=1S/C14H16ClF3S/c1-3-4-7-11-9-12-10(2)6-5-8-13(12)19(11,15)14(16,17)18/h5-6,8-9H,3-4,7H2,1-2H3. The Balaban J connectivity index is 2.57. The maximum atomic E-state index is 13.5. The molecule has 106 valence electrons. The molecule has 1 aliphatic rings. The van der Waals surface area contributed by atoms with Crippen LogP contribution in [0.5, 0.6) is 0 Å². The Labute approximate surface area is 117 Å². The van der Waals surface area contributed by atoms with E-state index in [2.05, 4.69) is 0 Å². The highest BCUT2D eigenvalue weighted by Gasteiger charge is 2.55. The van der Waals surface area contributed by atoms with Crippen LogP contribution in [0, 0.1) is 6.92 Å². The second-order valence-corrected chi connectivity index (χ2v) is 8.58. The summed E-state index contributed by atoms with van der Waals surface area (Å²) >= 11 is 0.